The van der Waals surface area contributed by atoms with E-state index in [2.05, 4.69) is 15.4 Å². The van der Waals surface area contributed by atoms with E-state index in [9.17, 15) is 14.9 Å². The highest BCUT2D eigenvalue weighted by Gasteiger charge is 2.29. The van der Waals surface area contributed by atoms with Crippen molar-refractivity contribution < 1.29 is 9.72 Å². The van der Waals surface area contributed by atoms with Crippen molar-refractivity contribution in [3.8, 4) is 0 Å². The van der Waals surface area contributed by atoms with Crippen molar-refractivity contribution in [2.24, 2.45) is 0 Å². The van der Waals surface area contributed by atoms with Crippen LogP contribution in [0.5, 0.6) is 0 Å². The topological polar surface area (TPSA) is 106 Å². The van der Waals surface area contributed by atoms with Gasteiger partial charge in [0.05, 0.1) is 10.6 Å². The molecule has 0 aliphatic carbocycles. The van der Waals surface area contributed by atoms with Gasteiger partial charge in [-0.2, -0.15) is 5.10 Å². The number of nitro groups is 1. The van der Waals surface area contributed by atoms with Crippen LogP contribution in [0.1, 0.15) is 29.5 Å². The molecular weight excluding hydrogens is 324 g/mol. The number of carbonyl (C=O) groups is 1. The molecule has 2 aromatic heterocycles. The second-order valence-electron chi connectivity index (χ2n) is 6.03. The minimum Gasteiger partial charge on any atom is -0.365 e. The van der Waals surface area contributed by atoms with Gasteiger partial charge in [0.1, 0.15) is 17.7 Å². The Morgan fingerprint density at radius 3 is 2.92 bits per heavy atom. The molecule has 0 saturated carbocycles. The van der Waals surface area contributed by atoms with Crippen molar-refractivity contribution in [3.05, 3.63) is 45.9 Å². The first kappa shape index (κ1) is 16.9. The monoisotopic (exact) mass is 344 g/mol. The van der Waals surface area contributed by atoms with Crippen molar-refractivity contribution in [1.29, 1.82) is 0 Å². The van der Waals surface area contributed by atoms with E-state index >= 15 is 0 Å². The van der Waals surface area contributed by atoms with E-state index in [0.717, 1.165) is 12.1 Å². The number of carbonyl (C=O) groups excluding carboxylic acids is 1. The van der Waals surface area contributed by atoms with Gasteiger partial charge in [-0.05, 0) is 32.4 Å². The van der Waals surface area contributed by atoms with Crippen LogP contribution < -0.4 is 5.32 Å². The first-order chi connectivity index (χ1) is 12.0. The summed E-state index contributed by atoms with van der Waals surface area (Å²) in [5.74, 6) is 0.544. The van der Waals surface area contributed by atoms with E-state index in [4.69, 9.17) is 0 Å². The highest BCUT2D eigenvalue weighted by Crippen LogP contribution is 2.19. The molecule has 3 heterocycles. The average Bonchev–Trinajstić information content (AvgIpc) is 3.21. The number of likely N-dealkylation sites (tertiary alicyclic amines) is 1. The number of anilines is 1. The lowest BCUT2D eigenvalue weighted by Crippen LogP contribution is -2.33. The van der Waals surface area contributed by atoms with Gasteiger partial charge in [0.25, 0.3) is 11.6 Å². The van der Waals surface area contributed by atoms with E-state index in [1.807, 2.05) is 19.9 Å². The van der Waals surface area contributed by atoms with E-state index in [1.165, 1.54) is 12.3 Å². The largest absolute Gasteiger partial charge is 0.365 e. The highest BCUT2D eigenvalue weighted by molar-refractivity contribution is 5.93. The zero-order valence-electron chi connectivity index (χ0n) is 14.2. The van der Waals surface area contributed by atoms with Crippen molar-refractivity contribution in [2.75, 3.05) is 18.4 Å². The Kier molecular flexibility index (Phi) is 4.64. The SMILES string of the molecule is CCn1nc(C)cc1C(=O)N1CC[C@H](Nc2ccc([N+](=O)[O-])cn2)C1. The Morgan fingerprint density at radius 2 is 2.28 bits per heavy atom. The van der Waals surface area contributed by atoms with Crippen LogP contribution in [0.2, 0.25) is 0 Å². The molecule has 9 nitrogen and oxygen atoms in total. The molecule has 1 fully saturated rings. The Morgan fingerprint density at radius 1 is 1.48 bits per heavy atom. The fourth-order valence-corrected chi connectivity index (χ4v) is 2.97. The van der Waals surface area contributed by atoms with Gasteiger partial charge < -0.3 is 10.2 Å². The summed E-state index contributed by atoms with van der Waals surface area (Å²) >= 11 is 0. The molecule has 1 aliphatic heterocycles. The molecule has 0 aromatic carbocycles. The first-order valence-corrected chi connectivity index (χ1v) is 8.18. The van der Waals surface area contributed by atoms with Crippen LogP contribution in [0.15, 0.2) is 24.4 Å². The van der Waals surface area contributed by atoms with Crippen LogP contribution in [0, 0.1) is 17.0 Å². The van der Waals surface area contributed by atoms with Gasteiger partial charge in [-0.1, -0.05) is 0 Å². The molecule has 2 aromatic rings. The average molecular weight is 344 g/mol. The van der Waals surface area contributed by atoms with Crippen LogP contribution in [0.25, 0.3) is 0 Å². The normalized spacial score (nSPS) is 16.9. The summed E-state index contributed by atoms with van der Waals surface area (Å²) in [4.78, 5) is 28.7. The Bertz CT molecular complexity index is 786. The van der Waals surface area contributed by atoms with Gasteiger partial charge in [0.2, 0.25) is 0 Å². The summed E-state index contributed by atoms with van der Waals surface area (Å²) in [6.45, 7) is 5.69. The molecule has 3 rings (SSSR count). The predicted octanol–water partition coefficient (Wildman–Crippen LogP) is 1.84. The maximum Gasteiger partial charge on any atom is 0.287 e. The molecule has 1 saturated heterocycles. The second-order valence-corrected chi connectivity index (χ2v) is 6.03. The Labute approximate surface area is 144 Å². The predicted molar refractivity (Wildman–Crippen MR) is 91.5 cm³/mol. The first-order valence-electron chi connectivity index (χ1n) is 8.18. The number of hydrogen-bond acceptors (Lipinski definition) is 6. The zero-order valence-corrected chi connectivity index (χ0v) is 14.2. The number of rotatable bonds is 5. The van der Waals surface area contributed by atoms with E-state index < -0.39 is 4.92 Å². The fraction of sp³-hybridized carbons (Fsp3) is 0.438. The summed E-state index contributed by atoms with van der Waals surface area (Å²) < 4.78 is 1.72. The Balaban J connectivity index is 1.63. The van der Waals surface area contributed by atoms with Crippen molar-refractivity contribution in [2.45, 2.75) is 32.9 Å². The van der Waals surface area contributed by atoms with Crippen LogP contribution >= 0.6 is 0 Å². The maximum atomic E-state index is 12.7. The number of nitrogens with zero attached hydrogens (tertiary/aromatic N) is 5. The number of nitrogens with one attached hydrogen (secondary N) is 1. The van der Waals surface area contributed by atoms with Gasteiger partial charge in [-0.15, -0.1) is 0 Å². The lowest BCUT2D eigenvalue weighted by atomic mass is 10.2. The lowest BCUT2D eigenvalue weighted by molar-refractivity contribution is -0.385. The molecule has 0 unspecified atom stereocenters. The molecule has 0 bridgehead atoms. The van der Waals surface area contributed by atoms with Gasteiger partial charge >= 0.3 is 0 Å². The molecule has 9 heteroatoms. The quantitative estimate of drug-likeness (QED) is 0.655. The second kappa shape index (κ2) is 6.88. The Hall–Kier alpha value is -2.97. The van der Waals surface area contributed by atoms with Gasteiger partial charge in [-0.25, -0.2) is 4.98 Å². The van der Waals surface area contributed by atoms with Gasteiger partial charge in [0, 0.05) is 31.7 Å². The van der Waals surface area contributed by atoms with Crippen LogP contribution in [0.4, 0.5) is 11.5 Å². The smallest absolute Gasteiger partial charge is 0.287 e. The zero-order chi connectivity index (χ0) is 18.0. The van der Waals surface area contributed by atoms with Crippen LogP contribution in [-0.4, -0.2) is 49.6 Å². The minimum absolute atomic E-state index is 0.0246. The summed E-state index contributed by atoms with van der Waals surface area (Å²) in [5, 5.41) is 18.2. The molecule has 0 spiro atoms. The number of aromatic nitrogens is 3. The van der Waals surface area contributed by atoms with E-state index in [0.29, 0.717) is 31.1 Å². The third-order valence-corrected chi connectivity index (χ3v) is 4.21. The van der Waals surface area contributed by atoms with Crippen LogP contribution in [0.3, 0.4) is 0 Å². The number of hydrogen-bond donors (Lipinski definition) is 1. The molecule has 25 heavy (non-hydrogen) atoms. The third kappa shape index (κ3) is 3.59. The molecule has 1 N–H and O–H groups in total. The third-order valence-electron chi connectivity index (χ3n) is 4.21. The summed E-state index contributed by atoms with van der Waals surface area (Å²) in [6.07, 6.45) is 2.02. The molecule has 1 amide bonds. The molecule has 1 aliphatic rings. The fourth-order valence-electron chi connectivity index (χ4n) is 2.97. The molecule has 0 radical (unpaired) electrons. The van der Waals surface area contributed by atoms with E-state index in [1.54, 1.807) is 15.6 Å². The molecular formula is C16H20N6O3. The number of pyridine rings is 1. The van der Waals surface area contributed by atoms with Crippen molar-refractivity contribution >= 4 is 17.4 Å². The van der Waals surface area contributed by atoms with Crippen LogP contribution in [-0.2, 0) is 6.54 Å². The van der Waals surface area contributed by atoms with E-state index in [-0.39, 0.29) is 17.6 Å². The number of amides is 1. The maximum absolute atomic E-state index is 12.7. The van der Waals surface area contributed by atoms with Crippen molar-refractivity contribution in [3.63, 3.8) is 0 Å². The standard InChI is InChI=1S/C16H20N6O3/c1-3-21-14(8-11(2)19-21)16(23)20-7-6-12(10-20)18-15-5-4-13(9-17-15)22(24)25/h4-5,8-9,12H,3,6-7,10H2,1-2H3,(H,17,18)/t12-/m0/s1. The molecule has 132 valence electrons. The lowest BCUT2D eigenvalue weighted by Gasteiger charge is -2.17. The number of aryl methyl sites for hydroxylation is 2. The highest BCUT2D eigenvalue weighted by atomic mass is 16.6. The summed E-state index contributed by atoms with van der Waals surface area (Å²) in [7, 11) is 0. The molecule has 1 atom stereocenters. The summed E-state index contributed by atoms with van der Waals surface area (Å²) in [6, 6.07) is 4.87. The van der Waals surface area contributed by atoms with Gasteiger partial charge in [0.15, 0.2) is 0 Å². The summed E-state index contributed by atoms with van der Waals surface area (Å²) in [5.41, 5.74) is 1.39. The van der Waals surface area contributed by atoms with Crippen molar-refractivity contribution in [1.82, 2.24) is 19.7 Å². The van der Waals surface area contributed by atoms with Gasteiger partial charge in [-0.3, -0.25) is 19.6 Å². The minimum atomic E-state index is -0.481.